The smallest absolute Gasteiger partial charge is 0.225 e. The van der Waals surface area contributed by atoms with Crippen LogP contribution < -0.4 is 0 Å². The summed E-state index contributed by atoms with van der Waals surface area (Å²) in [5.74, 6) is -0.0107. The third-order valence-electron chi connectivity index (χ3n) is 3.23. The zero-order valence-corrected chi connectivity index (χ0v) is 8.22. The van der Waals surface area contributed by atoms with Gasteiger partial charge in [0.25, 0.3) is 0 Å². The largest absolute Gasteiger partial charge is 0.391 e. The standard InChI is InChI=1S/C10H17NO3/c12-7-5-10(14)11(6-7)8-3-1-2-4-9(8)13/h7-9,12-13H,1-6H2. The Bertz CT molecular complexity index is 231. The first-order valence-corrected chi connectivity index (χ1v) is 5.34. The van der Waals surface area contributed by atoms with Gasteiger partial charge in [0.15, 0.2) is 0 Å². The van der Waals surface area contributed by atoms with E-state index in [1.54, 1.807) is 4.90 Å². The number of nitrogens with zero attached hydrogens (tertiary/aromatic N) is 1. The number of carbonyl (C=O) groups excluding carboxylic acids is 1. The van der Waals surface area contributed by atoms with Gasteiger partial charge in [-0.2, -0.15) is 0 Å². The molecule has 1 heterocycles. The number of aliphatic hydroxyl groups excluding tert-OH is 2. The lowest BCUT2D eigenvalue weighted by Gasteiger charge is -2.35. The quantitative estimate of drug-likeness (QED) is 0.619. The van der Waals surface area contributed by atoms with E-state index < -0.39 is 12.2 Å². The van der Waals surface area contributed by atoms with E-state index in [0.29, 0.717) is 6.54 Å². The van der Waals surface area contributed by atoms with Crippen molar-refractivity contribution < 1.29 is 15.0 Å². The van der Waals surface area contributed by atoms with Crippen LogP contribution in [0.3, 0.4) is 0 Å². The average Bonchev–Trinajstić information content (AvgIpc) is 2.46. The van der Waals surface area contributed by atoms with E-state index in [1.165, 1.54) is 0 Å². The van der Waals surface area contributed by atoms with E-state index in [0.717, 1.165) is 25.7 Å². The number of aliphatic hydroxyl groups is 2. The molecule has 0 radical (unpaired) electrons. The van der Waals surface area contributed by atoms with Crippen LogP contribution in [0.4, 0.5) is 0 Å². The number of rotatable bonds is 1. The fourth-order valence-corrected chi connectivity index (χ4v) is 2.49. The van der Waals surface area contributed by atoms with Gasteiger partial charge in [-0.25, -0.2) is 0 Å². The summed E-state index contributed by atoms with van der Waals surface area (Å²) in [4.78, 5) is 13.1. The third-order valence-corrected chi connectivity index (χ3v) is 3.23. The van der Waals surface area contributed by atoms with Gasteiger partial charge in [0.2, 0.25) is 5.91 Å². The normalized spacial score (nSPS) is 39.1. The highest BCUT2D eigenvalue weighted by molar-refractivity contribution is 5.79. The predicted octanol–water partition coefficient (Wildman–Crippen LogP) is -0.117. The zero-order valence-electron chi connectivity index (χ0n) is 8.22. The van der Waals surface area contributed by atoms with Crippen molar-refractivity contribution in [3.8, 4) is 0 Å². The van der Waals surface area contributed by atoms with Gasteiger partial charge < -0.3 is 15.1 Å². The molecule has 80 valence electrons. The molecule has 2 fully saturated rings. The number of carbonyl (C=O) groups is 1. The molecule has 0 spiro atoms. The van der Waals surface area contributed by atoms with Crippen LogP contribution in [0, 0.1) is 0 Å². The number of hydrogen-bond donors (Lipinski definition) is 2. The summed E-state index contributed by atoms with van der Waals surface area (Å²) in [5, 5.41) is 19.1. The van der Waals surface area contributed by atoms with Crippen molar-refractivity contribution in [3.05, 3.63) is 0 Å². The Morgan fingerprint density at radius 3 is 2.50 bits per heavy atom. The first-order chi connectivity index (χ1) is 6.68. The van der Waals surface area contributed by atoms with Gasteiger partial charge in [0.05, 0.1) is 24.7 Å². The fraction of sp³-hybridized carbons (Fsp3) is 0.900. The molecule has 0 aromatic heterocycles. The Morgan fingerprint density at radius 2 is 1.93 bits per heavy atom. The Kier molecular flexibility index (Phi) is 2.74. The van der Waals surface area contributed by atoms with Crippen LogP contribution in [0.5, 0.6) is 0 Å². The minimum atomic E-state index is -0.531. The molecule has 3 atom stereocenters. The number of likely N-dealkylation sites (tertiary alicyclic amines) is 1. The average molecular weight is 199 g/mol. The first kappa shape index (κ1) is 9.93. The van der Waals surface area contributed by atoms with E-state index in [-0.39, 0.29) is 18.4 Å². The van der Waals surface area contributed by atoms with E-state index in [1.807, 2.05) is 0 Å². The molecule has 1 saturated carbocycles. The van der Waals surface area contributed by atoms with Crippen LogP contribution in [0.25, 0.3) is 0 Å². The summed E-state index contributed by atoms with van der Waals surface area (Å²) in [6.45, 7) is 0.403. The molecule has 1 saturated heterocycles. The summed E-state index contributed by atoms with van der Waals surface area (Å²) in [6, 6.07) is -0.0478. The number of amides is 1. The zero-order chi connectivity index (χ0) is 10.1. The summed E-state index contributed by atoms with van der Waals surface area (Å²) in [7, 11) is 0. The Hall–Kier alpha value is -0.610. The second-order valence-corrected chi connectivity index (χ2v) is 4.32. The summed E-state index contributed by atoms with van der Waals surface area (Å²) >= 11 is 0. The molecule has 0 aromatic carbocycles. The van der Waals surface area contributed by atoms with Crippen LogP contribution >= 0.6 is 0 Å². The maximum absolute atomic E-state index is 11.5. The van der Waals surface area contributed by atoms with Gasteiger partial charge in [0.1, 0.15) is 0 Å². The molecule has 4 nitrogen and oxygen atoms in total. The molecule has 14 heavy (non-hydrogen) atoms. The molecule has 3 unspecified atom stereocenters. The van der Waals surface area contributed by atoms with E-state index in [9.17, 15) is 15.0 Å². The molecule has 1 amide bonds. The van der Waals surface area contributed by atoms with Gasteiger partial charge in [0, 0.05) is 6.54 Å². The molecule has 0 bridgehead atoms. The maximum atomic E-state index is 11.5. The van der Waals surface area contributed by atoms with Crippen molar-refractivity contribution in [2.45, 2.75) is 50.4 Å². The molecular weight excluding hydrogens is 182 g/mol. The second kappa shape index (κ2) is 3.87. The Balaban J connectivity index is 2.02. The highest BCUT2D eigenvalue weighted by Crippen LogP contribution is 2.26. The summed E-state index contributed by atoms with van der Waals surface area (Å²) in [6.07, 6.45) is 3.08. The topological polar surface area (TPSA) is 60.8 Å². The molecule has 4 heteroatoms. The monoisotopic (exact) mass is 199 g/mol. The van der Waals surface area contributed by atoms with Crippen molar-refractivity contribution in [3.63, 3.8) is 0 Å². The lowest BCUT2D eigenvalue weighted by Crippen LogP contribution is -2.46. The van der Waals surface area contributed by atoms with E-state index in [2.05, 4.69) is 0 Å². The van der Waals surface area contributed by atoms with Crippen molar-refractivity contribution in [1.82, 2.24) is 4.90 Å². The van der Waals surface area contributed by atoms with Crippen LogP contribution in [-0.2, 0) is 4.79 Å². The maximum Gasteiger partial charge on any atom is 0.225 e. The van der Waals surface area contributed by atoms with Crippen molar-refractivity contribution >= 4 is 5.91 Å². The van der Waals surface area contributed by atoms with Gasteiger partial charge in [-0.1, -0.05) is 12.8 Å². The van der Waals surface area contributed by atoms with Crippen LogP contribution in [0.1, 0.15) is 32.1 Å². The fourth-order valence-electron chi connectivity index (χ4n) is 2.49. The van der Waals surface area contributed by atoms with E-state index >= 15 is 0 Å². The number of β-amino-alcohol motifs (C(OH)–C–C–N with tert-alkyl or cyclic N) is 1. The highest BCUT2D eigenvalue weighted by atomic mass is 16.3. The SMILES string of the molecule is O=C1CC(O)CN1C1CCCCC1O. The summed E-state index contributed by atoms with van der Waals surface area (Å²) in [5.41, 5.74) is 0. The van der Waals surface area contributed by atoms with Gasteiger partial charge in [-0.05, 0) is 12.8 Å². The van der Waals surface area contributed by atoms with Gasteiger partial charge in [-0.15, -0.1) is 0 Å². The lowest BCUT2D eigenvalue weighted by atomic mass is 9.91. The summed E-state index contributed by atoms with van der Waals surface area (Å²) < 4.78 is 0. The second-order valence-electron chi connectivity index (χ2n) is 4.32. The molecule has 0 aromatic rings. The molecular formula is C10H17NO3. The van der Waals surface area contributed by atoms with Crippen molar-refractivity contribution in [1.29, 1.82) is 0 Å². The molecule has 2 aliphatic rings. The van der Waals surface area contributed by atoms with Gasteiger partial charge >= 0.3 is 0 Å². The third kappa shape index (κ3) is 1.77. The van der Waals surface area contributed by atoms with Crippen LogP contribution in [0.15, 0.2) is 0 Å². The van der Waals surface area contributed by atoms with Crippen LogP contribution in [0.2, 0.25) is 0 Å². The molecule has 1 aliphatic carbocycles. The van der Waals surface area contributed by atoms with E-state index in [4.69, 9.17) is 0 Å². The molecule has 2 rings (SSSR count). The minimum absolute atomic E-state index is 0.0107. The lowest BCUT2D eigenvalue weighted by molar-refractivity contribution is -0.133. The Labute approximate surface area is 83.5 Å². The highest BCUT2D eigenvalue weighted by Gasteiger charge is 2.37. The minimum Gasteiger partial charge on any atom is -0.391 e. The number of hydrogen-bond acceptors (Lipinski definition) is 3. The first-order valence-electron chi connectivity index (χ1n) is 5.34. The Morgan fingerprint density at radius 1 is 1.21 bits per heavy atom. The van der Waals surface area contributed by atoms with Gasteiger partial charge in [-0.3, -0.25) is 4.79 Å². The predicted molar refractivity (Wildman–Crippen MR) is 50.6 cm³/mol. The molecule has 1 aliphatic heterocycles. The van der Waals surface area contributed by atoms with Crippen LogP contribution in [-0.4, -0.2) is 45.8 Å². The molecule has 2 N–H and O–H groups in total. The van der Waals surface area contributed by atoms with Crippen molar-refractivity contribution in [2.24, 2.45) is 0 Å². The van der Waals surface area contributed by atoms with Crippen molar-refractivity contribution in [2.75, 3.05) is 6.54 Å².